The van der Waals surface area contributed by atoms with Crippen molar-refractivity contribution in [2.75, 3.05) is 20.1 Å². The fourth-order valence-electron chi connectivity index (χ4n) is 4.28. The molecule has 26 heavy (non-hydrogen) atoms. The van der Waals surface area contributed by atoms with E-state index in [0.29, 0.717) is 11.7 Å². The molecule has 2 aliphatic rings. The second kappa shape index (κ2) is 5.64. The Labute approximate surface area is 150 Å². The van der Waals surface area contributed by atoms with Crippen molar-refractivity contribution in [1.82, 2.24) is 20.0 Å². The number of carbonyl (C=O) groups is 1. The number of rotatable bonds is 2. The van der Waals surface area contributed by atoms with Gasteiger partial charge in [0.05, 0.1) is 5.52 Å². The number of aromatic amines is 1. The van der Waals surface area contributed by atoms with Gasteiger partial charge in [-0.3, -0.25) is 14.8 Å². The van der Waals surface area contributed by atoms with E-state index in [9.17, 15) is 9.18 Å². The summed E-state index contributed by atoms with van der Waals surface area (Å²) in [5.74, 6) is -0.295. The monoisotopic (exact) mass is 350 g/mol. The first-order valence-corrected chi connectivity index (χ1v) is 8.85. The summed E-state index contributed by atoms with van der Waals surface area (Å²) in [5, 5.41) is 8.03. The summed E-state index contributed by atoms with van der Waals surface area (Å²) in [6, 6.07) is 12.9. The van der Waals surface area contributed by atoms with Gasteiger partial charge in [0.25, 0.3) is 5.91 Å². The maximum Gasteiger partial charge on any atom is 0.275 e. The van der Waals surface area contributed by atoms with Crippen LogP contribution >= 0.6 is 0 Å². The zero-order chi connectivity index (χ0) is 17.8. The van der Waals surface area contributed by atoms with Crippen molar-refractivity contribution in [2.45, 2.75) is 18.5 Å². The van der Waals surface area contributed by atoms with Gasteiger partial charge in [-0.2, -0.15) is 5.10 Å². The van der Waals surface area contributed by atoms with E-state index in [0.717, 1.165) is 41.5 Å². The highest BCUT2D eigenvalue weighted by Crippen LogP contribution is 2.32. The number of hydrogen-bond acceptors (Lipinski definition) is 3. The van der Waals surface area contributed by atoms with E-state index in [1.165, 1.54) is 12.1 Å². The molecule has 0 aliphatic carbocycles. The van der Waals surface area contributed by atoms with E-state index in [2.05, 4.69) is 22.1 Å². The van der Waals surface area contributed by atoms with Crippen LogP contribution in [0.4, 0.5) is 4.39 Å². The first-order chi connectivity index (χ1) is 12.6. The molecule has 2 aliphatic heterocycles. The Morgan fingerprint density at radius 1 is 1.15 bits per heavy atom. The number of fused-ring (bicyclic) bond motifs is 3. The molecule has 2 fully saturated rings. The lowest BCUT2D eigenvalue weighted by Gasteiger charge is -2.31. The van der Waals surface area contributed by atoms with Crippen LogP contribution in [-0.4, -0.2) is 58.1 Å². The van der Waals surface area contributed by atoms with Crippen LogP contribution < -0.4 is 0 Å². The molecular weight excluding hydrogens is 331 g/mol. The smallest absolute Gasteiger partial charge is 0.275 e. The van der Waals surface area contributed by atoms with Crippen molar-refractivity contribution in [3.05, 3.63) is 54.0 Å². The Kier molecular flexibility index (Phi) is 3.37. The first kappa shape index (κ1) is 15.5. The van der Waals surface area contributed by atoms with E-state index in [-0.39, 0.29) is 17.8 Å². The molecule has 2 saturated heterocycles. The summed E-state index contributed by atoms with van der Waals surface area (Å²) >= 11 is 0. The molecule has 2 aromatic carbocycles. The van der Waals surface area contributed by atoms with Gasteiger partial charge in [-0.05, 0) is 48.9 Å². The summed E-state index contributed by atoms with van der Waals surface area (Å²) in [7, 11) is 2.11. The van der Waals surface area contributed by atoms with Gasteiger partial charge in [0.15, 0.2) is 5.69 Å². The largest absolute Gasteiger partial charge is 0.331 e. The summed E-state index contributed by atoms with van der Waals surface area (Å²) in [6.45, 7) is 1.69. The number of likely N-dealkylation sites (tertiary alicyclic amines) is 2. The standard InChI is InChI=1S/C20H19FN4O/c1-24-10-16-9-15(24)11-25(16)20(26)19-17-8-13(5-6-18(17)22-23-19)12-3-2-4-14(21)7-12/h2-8,15-16H,9-11H2,1H3,(H,22,23)/t15-,16-/m0/s1. The van der Waals surface area contributed by atoms with Crippen molar-refractivity contribution in [3.8, 4) is 11.1 Å². The Hall–Kier alpha value is -2.73. The molecule has 0 radical (unpaired) electrons. The van der Waals surface area contributed by atoms with Crippen molar-refractivity contribution in [3.63, 3.8) is 0 Å². The predicted molar refractivity (Wildman–Crippen MR) is 97.3 cm³/mol. The van der Waals surface area contributed by atoms with Gasteiger partial charge in [0, 0.05) is 30.6 Å². The molecule has 6 heteroatoms. The van der Waals surface area contributed by atoms with E-state index in [1.807, 2.05) is 29.2 Å². The molecule has 1 N–H and O–H groups in total. The maximum atomic E-state index is 13.6. The number of carbonyl (C=O) groups excluding carboxylic acids is 1. The Bertz CT molecular complexity index is 1010. The Morgan fingerprint density at radius 3 is 2.73 bits per heavy atom. The number of piperazine rings is 1. The van der Waals surface area contributed by atoms with E-state index < -0.39 is 0 Å². The number of amides is 1. The quantitative estimate of drug-likeness (QED) is 0.773. The molecule has 5 rings (SSSR count). The lowest BCUT2D eigenvalue weighted by atomic mass is 10.0. The van der Waals surface area contributed by atoms with Crippen LogP contribution in [0.5, 0.6) is 0 Å². The van der Waals surface area contributed by atoms with E-state index >= 15 is 0 Å². The summed E-state index contributed by atoms with van der Waals surface area (Å²) in [4.78, 5) is 17.4. The van der Waals surface area contributed by atoms with Crippen molar-refractivity contribution < 1.29 is 9.18 Å². The van der Waals surface area contributed by atoms with Gasteiger partial charge in [0.1, 0.15) is 5.82 Å². The molecule has 0 saturated carbocycles. The van der Waals surface area contributed by atoms with Crippen molar-refractivity contribution in [1.29, 1.82) is 0 Å². The second-order valence-corrected chi connectivity index (χ2v) is 7.28. The average Bonchev–Trinajstić information content (AvgIpc) is 3.33. The molecule has 1 aromatic heterocycles. The molecule has 0 spiro atoms. The number of likely N-dealkylation sites (N-methyl/N-ethyl adjacent to an activating group) is 1. The number of benzene rings is 2. The molecule has 132 valence electrons. The highest BCUT2D eigenvalue weighted by atomic mass is 19.1. The minimum atomic E-state index is -0.275. The summed E-state index contributed by atoms with van der Waals surface area (Å²) in [5.41, 5.74) is 2.92. The van der Waals surface area contributed by atoms with E-state index in [1.54, 1.807) is 6.07 Å². The molecule has 3 heterocycles. The zero-order valence-electron chi connectivity index (χ0n) is 14.4. The Balaban J connectivity index is 1.52. The highest BCUT2D eigenvalue weighted by molar-refractivity contribution is 6.06. The third kappa shape index (κ3) is 2.33. The first-order valence-electron chi connectivity index (χ1n) is 8.85. The zero-order valence-corrected chi connectivity index (χ0v) is 14.4. The predicted octanol–water partition coefficient (Wildman–Crippen LogP) is 2.90. The Morgan fingerprint density at radius 2 is 2.00 bits per heavy atom. The molecule has 1 amide bonds. The van der Waals surface area contributed by atoms with Crippen molar-refractivity contribution in [2.24, 2.45) is 0 Å². The summed E-state index contributed by atoms with van der Waals surface area (Å²) in [6.07, 6.45) is 1.04. The lowest BCUT2D eigenvalue weighted by molar-refractivity contribution is 0.0646. The fourth-order valence-corrected chi connectivity index (χ4v) is 4.28. The van der Waals surface area contributed by atoms with Crippen LogP contribution in [0.2, 0.25) is 0 Å². The third-order valence-electron chi connectivity index (χ3n) is 5.70. The average molecular weight is 350 g/mol. The van der Waals surface area contributed by atoms with Gasteiger partial charge >= 0.3 is 0 Å². The van der Waals surface area contributed by atoms with Gasteiger partial charge in [-0.1, -0.05) is 18.2 Å². The summed E-state index contributed by atoms with van der Waals surface area (Å²) < 4.78 is 13.6. The van der Waals surface area contributed by atoms with Gasteiger partial charge < -0.3 is 4.90 Å². The molecule has 2 atom stereocenters. The lowest BCUT2D eigenvalue weighted by Crippen LogP contribution is -2.47. The molecule has 5 nitrogen and oxygen atoms in total. The number of aromatic nitrogens is 2. The number of hydrogen-bond donors (Lipinski definition) is 1. The molecule has 2 bridgehead atoms. The van der Waals surface area contributed by atoms with Gasteiger partial charge in [-0.25, -0.2) is 4.39 Å². The normalized spacial score (nSPS) is 22.5. The van der Waals surface area contributed by atoms with Crippen LogP contribution in [0.15, 0.2) is 42.5 Å². The highest BCUT2D eigenvalue weighted by Gasteiger charge is 2.44. The van der Waals surface area contributed by atoms with Crippen LogP contribution in [0.1, 0.15) is 16.9 Å². The maximum absolute atomic E-state index is 13.6. The second-order valence-electron chi connectivity index (χ2n) is 7.28. The van der Waals surface area contributed by atoms with Crippen molar-refractivity contribution >= 4 is 16.8 Å². The van der Waals surface area contributed by atoms with Crippen LogP contribution in [-0.2, 0) is 0 Å². The third-order valence-corrected chi connectivity index (χ3v) is 5.70. The number of H-pyrrole nitrogens is 1. The minimum Gasteiger partial charge on any atom is -0.331 e. The number of nitrogens with one attached hydrogen (secondary N) is 1. The van der Waals surface area contributed by atoms with Crippen LogP contribution in [0.25, 0.3) is 22.0 Å². The fraction of sp³-hybridized carbons (Fsp3) is 0.300. The number of halogens is 1. The SMILES string of the molecule is CN1C[C@@H]2C[C@H]1CN2C(=O)c1n[nH]c2ccc(-c3cccc(F)c3)cc12. The topological polar surface area (TPSA) is 52.2 Å². The van der Waals surface area contributed by atoms with Crippen LogP contribution in [0.3, 0.4) is 0 Å². The van der Waals surface area contributed by atoms with Gasteiger partial charge in [-0.15, -0.1) is 0 Å². The molecular formula is C20H19FN4O. The molecule has 0 unspecified atom stereocenters. The van der Waals surface area contributed by atoms with Crippen LogP contribution in [0, 0.1) is 5.82 Å². The van der Waals surface area contributed by atoms with E-state index in [4.69, 9.17) is 0 Å². The minimum absolute atomic E-state index is 0.0201. The number of nitrogens with zero attached hydrogens (tertiary/aromatic N) is 3. The molecule has 3 aromatic rings. The van der Waals surface area contributed by atoms with Gasteiger partial charge in [0.2, 0.25) is 0 Å².